The first kappa shape index (κ1) is 24.1. The zero-order valence-electron chi connectivity index (χ0n) is 21.0. The van der Waals surface area contributed by atoms with Crippen LogP contribution in [0.3, 0.4) is 0 Å². The van der Waals surface area contributed by atoms with E-state index in [1.807, 2.05) is 43.5 Å². The Morgan fingerprint density at radius 2 is 1.78 bits per heavy atom. The summed E-state index contributed by atoms with van der Waals surface area (Å²) in [6.07, 6.45) is -1.63. The molecule has 188 valence electrons. The highest BCUT2D eigenvalue weighted by atomic mass is 19.4. The molecule has 1 atom stereocenters. The Kier molecular flexibility index (Phi) is 5.89. The van der Waals surface area contributed by atoms with Crippen LogP contribution in [0.5, 0.6) is 0 Å². The van der Waals surface area contributed by atoms with Crippen LogP contribution in [0.4, 0.5) is 18.9 Å². The minimum absolute atomic E-state index is 0.206. The van der Waals surface area contributed by atoms with Crippen LogP contribution in [0.15, 0.2) is 48.8 Å². The van der Waals surface area contributed by atoms with Crippen LogP contribution >= 0.6 is 0 Å². The first-order valence-electron chi connectivity index (χ1n) is 12.0. The standard InChI is InChI=1S/C27H29F3N6/c1-16(2)24-21(7-6-12-31-24)25-22-14-35(13-17(3)36(22)18(4)32-25)20-10-8-19(9-11-20)26-33-23(15-34(26)5)27(28,29)30/h6-12,15-17H,13-14H2,1-5H3. The second-order valence-corrected chi connectivity index (χ2v) is 9.75. The van der Waals surface area contributed by atoms with Crippen molar-refractivity contribution in [3.8, 4) is 22.6 Å². The van der Waals surface area contributed by atoms with Gasteiger partial charge in [-0.3, -0.25) is 4.98 Å². The fourth-order valence-corrected chi connectivity index (χ4v) is 5.15. The van der Waals surface area contributed by atoms with Crippen molar-refractivity contribution in [1.82, 2.24) is 24.1 Å². The molecule has 1 aliphatic heterocycles. The molecule has 9 heteroatoms. The van der Waals surface area contributed by atoms with Gasteiger partial charge in [0.15, 0.2) is 5.69 Å². The Morgan fingerprint density at radius 1 is 1.06 bits per heavy atom. The monoisotopic (exact) mass is 494 g/mol. The van der Waals surface area contributed by atoms with Gasteiger partial charge < -0.3 is 14.0 Å². The lowest BCUT2D eigenvalue weighted by molar-refractivity contribution is -0.140. The van der Waals surface area contributed by atoms with Crippen molar-refractivity contribution < 1.29 is 13.2 Å². The quantitative estimate of drug-likeness (QED) is 0.331. The maximum atomic E-state index is 13.1. The van der Waals surface area contributed by atoms with E-state index in [0.29, 0.717) is 12.1 Å². The number of benzene rings is 1. The topological polar surface area (TPSA) is 51.8 Å². The number of imidazole rings is 2. The van der Waals surface area contributed by atoms with Crippen LogP contribution < -0.4 is 4.90 Å². The van der Waals surface area contributed by atoms with Crippen molar-refractivity contribution in [2.45, 2.75) is 52.4 Å². The molecule has 6 nitrogen and oxygen atoms in total. The number of nitrogens with zero attached hydrogens (tertiary/aromatic N) is 6. The number of rotatable bonds is 4. The normalized spacial score (nSPS) is 16.0. The summed E-state index contributed by atoms with van der Waals surface area (Å²) < 4.78 is 43.0. The minimum atomic E-state index is -4.47. The molecule has 4 heterocycles. The van der Waals surface area contributed by atoms with Gasteiger partial charge >= 0.3 is 6.18 Å². The highest BCUT2D eigenvalue weighted by Crippen LogP contribution is 2.37. The lowest BCUT2D eigenvalue weighted by atomic mass is 9.99. The van der Waals surface area contributed by atoms with Crippen molar-refractivity contribution in [1.29, 1.82) is 0 Å². The number of fused-ring (bicyclic) bond motifs is 1. The highest BCUT2D eigenvalue weighted by Gasteiger charge is 2.34. The van der Waals surface area contributed by atoms with E-state index < -0.39 is 11.9 Å². The molecule has 0 radical (unpaired) electrons. The van der Waals surface area contributed by atoms with Gasteiger partial charge in [0.05, 0.1) is 23.6 Å². The fourth-order valence-electron chi connectivity index (χ4n) is 5.15. The van der Waals surface area contributed by atoms with Gasteiger partial charge in [0.25, 0.3) is 0 Å². The Morgan fingerprint density at radius 3 is 2.42 bits per heavy atom. The summed E-state index contributed by atoms with van der Waals surface area (Å²) in [6.45, 7) is 9.97. The van der Waals surface area contributed by atoms with E-state index in [0.717, 1.165) is 46.9 Å². The van der Waals surface area contributed by atoms with Crippen molar-refractivity contribution in [2.24, 2.45) is 7.05 Å². The van der Waals surface area contributed by atoms with Gasteiger partial charge in [-0.2, -0.15) is 13.2 Å². The predicted molar refractivity (Wildman–Crippen MR) is 134 cm³/mol. The summed E-state index contributed by atoms with van der Waals surface area (Å²) in [4.78, 5) is 15.7. The molecule has 0 spiro atoms. The van der Waals surface area contributed by atoms with Crippen molar-refractivity contribution in [3.05, 3.63) is 71.7 Å². The molecule has 0 saturated carbocycles. The number of halogens is 3. The molecule has 1 aromatic carbocycles. The summed E-state index contributed by atoms with van der Waals surface area (Å²) >= 11 is 0. The second-order valence-electron chi connectivity index (χ2n) is 9.75. The number of aryl methyl sites for hydroxylation is 2. The molecule has 5 rings (SSSR count). The predicted octanol–water partition coefficient (Wildman–Crippen LogP) is 6.38. The summed E-state index contributed by atoms with van der Waals surface area (Å²) in [5.41, 5.74) is 4.95. The second kappa shape index (κ2) is 8.80. The molecule has 0 amide bonds. The molecule has 1 aliphatic rings. The number of pyridine rings is 1. The van der Waals surface area contributed by atoms with Crippen LogP contribution in [0.1, 0.15) is 55.6 Å². The van der Waals surface area contributed by atoms with Gasteiger partial charge in [0.1, 0.15) is 11.6 Å². The lowest BCUT2D eigenvalue weighted by Gasteiger charge is -2.35. The Labute approximate surface area is 208 Å². The van der Waals surface area contributed by atoms with Crippen molar-refractivity contribution in [3.63, 3.8) is 0 Å². The average molecular weight is 495 g/mol. The highest BCUT2D eigenvalue weighted by molar-refractivity contribution is 5.67. The van der Waals surface area contributed by atoms with Crippen LogP contribution in [0, 0.1) is 6.92 Å². The fraction of sp³-hybridized carbons (Fsp3) is 0.370. The smallest absolute Gasteiger partial charge is 0.364 e. The van der Waals surface area contributed by atoms with Crippen molar-refractivity contribution in [2.75, 3.05) is 11.4 Å². The van der Waals surface area contributed by atoms with Crippen molar-refractivity contribution >= 4 is 5.69 Å². The zero-order valence-corrected chi connectivity index (χ0v) is 21.0. The third kappa shape index (κ3) is 4.16. The summed E-state index contributed by atoms with van der Waals surface area (Å²) in [5, 5.41) is 0. The van der Waals surface area contributed by atoms with E-state index in [4.69, 9.17) is 4.98 Å². The van der Waals surface area contributed by atoms with Gasteiger partial charge in [-0.15, -0.1) is 0 Å². The Bertz CT molecular complexity index is 1400. The van der Waals surface area contributed by atoms with E-state index in [1.54, 1.807) is 7.05 Å². The largest absolute Gasteiger partial charge is 0.434 e. The Hall–Kier alpha value is -3.62. The number of anilines is 1. The number of alkyl halides is 3. The van der Waals surface area contributed by atoms with Gasteiger partial charge in [0.2, 0.25) is 0 Å². The SMILES string of the molecule is Cc1nc(-c2cccnc2C(C)C)c2n1C(C)CN(c1ccc(-c3nc(C(F)(F)F)cn3C)cc1)C2. The number of aromatic nitrogens is 5. The van der Waals surface area contributed by atoms with E-state index in [1.165, 1.54) is 4.57 Å². The maximum absolute atomic E-state index is 13.1. The summed E-state index contributed by atoms with van der Waals surface area (Å²) in [6, 6.07) is 11.8. The molecule has 0 saturated heterocycles. The minimum Gasteiger partial charge on any atom is -0.364 e. The van der Waals surface area contributed by atoms with Crippen LogP contribution in [-0.2, 0) is 19.8 Å². The van der Waals surface area contributed by atoms with Gasteiger partial charge in [-0.25, -0.2) is 9.97 Å². The van der Waals surface area contributed by atoms with E-state index in [-0.39, 0.29) is 17.8 Å². The maximum Gasteiger partial charge on any atom is 0.434 e. The van der Waals surface area contributed by atoms with E-state index in [9.17, 15) is 13.2 Å². The molecule has 36 heavy (non-hydrogen) atoms. The number of hydrogen-bond donors (Lipinski definition) is 0. The van der Waals surface area contributed by atoms with Crippen LogP contribution in [0.25, 0.3) is 22.6 Å². The first-order chi connectivity index (χ1) is 17.0. The van der Waals surface area contributed by atoms with Crippen LogP contribution in [0.2, 0.25) is 0 Å². The van der Waals surface area contributed by atoms with Crippen LogP contribution in [-0.4, -0.2) is 30.6 Å². The summed E-state index contributed by atoms with van der Waals surface area (Å²) in [7, 11) is 1.58. The lowest BCUT2D eigenvalue weighted by Crippen LogP contribution is -2.36. The average Bonchev–Trinajstić information content (AvgIpc) is 3.39. The van der Waals surface area contributed by atoms with Gasteiger partial charge in [0, 0.05) is 48.8 Å². The van der Waals surface area contributed by atoms with Gasteiger partial charge in [-0.05, 0) is 56.2 Å². The third-order valence-electron chi connectivity index (χ3n) is 6.75. The molecule has 0 fully saturated rings. The molecule has 0 bridgehead atoms. The molecule has 0 N–H and O–H groups in total. The summed E-state index contributed by atoms with van der Waals surface area (Å²) in [5.74, 6) is 1.54. The molecular formula is C27H29F3N6. The zero-order chi connectivity index (χ0) is 25.8. The third-order valence-corrected chi connectivity index (χ3v) is 6.75. The Balaban J connectivity index is 1.48. The molecular weight excluding hydrogens is 465 g/mol. The van der Waals surface area contributed by atoms with Gasteiger partial charge in [-0.1, -0.05) is 13.8 Å². The van der Waals surface area contributed by atoms with E-state index >= 15 is 0 Å². The molecule has 1 unspecified atom stereocenters. The molecule has 0 aliphatic carbocycles. The first-order valence-corrected chi connectivity index (χ1v) is 12.0. The molecule has 3 aromatic heterocycles. The molecule has 4 aromatic rings. The van der Waals surface area contributed by atoms with E-state index in [2.05, 4.69) is 46.3 Å². The number of hydrogen-bond acceptors (Lipinski definition) is 4.